The Labute approximate surface area is 97.3 Å². The summed E-state index contributed by atoms with van der Waals surface area (Å²) in [6.45, 7) is 0. The van der Waals surface area contributed by atoms with Gasteiger partial charge >= 0.3 is 5.97 Å². The summed E-state index contributed by atoms with van der Waals surface area (Å²) in [6.07, 6.45) is -0.351. The van der Waals surface area contributed by atoms with Crippen LogP contribution in [-0.4, -0.2) is 31.0 Å². The van der Waals surface area contributed by atoms with Gasteiger partial charge in [0.1, 0.15) is 11.6 Å². The van der Waals surface area contributed by atoms with Crippen LogP contribution in [0.25, 0.3) is 0 Å². The fourth-order valence-corrected chi connectivity index (χ4v) is 1.22. The van der Waals surface area contributed by atoms with Crippen LogP contribution >= 0.6 is 11.6 Å². The van der Waals surface area contributed by atoms with E-state index in [0.29, 0.717) is 0 Å². The van der Waals surface area contributed by atoms with E-state index >= 15 is 0 Å². The molecule has 0 aromatic carbocycles. The van der Waals surface area contributed by atoms with Gasteiger partial charge in [-0.2, -0.15) is 0 Å². The Balaban J connectivity index is 2.94. The van der Waals surface area contributed by atoms with Gasteiger partial charge in [-0.25, -0.2) is 4.98 Å². The molecule has 1 aromatic rings. The van der Waals surface area contributed by atoms with Gasteiger partial charge in [-0.3, -0.25) is 9.59 Å². The molecule has 0 radical (unpaired) electrons. The molecule has 0 saturated carbocycles. The zero-order valence-corrected chi connectivity index (χ0v) is 9.58. The van der Waals surface area contributed by atoms with Crippen LogP contribution in [0.3, 0.4) is 0 Å². The van der Waals surface area contributed by atoms with Gasteiger partial charge in [0.2, 0.25) is 5.88 Å². The third kappa shape index (κ3) is 2.93. The van der Waals surface area contributed by atoms with Crippen molar-refractivity contribution in [3.8, 4) is 5.88 Å². The molecule has 1 heterocycles. The number of pyridine rings is 1. The van der Waals surface area contributed by atoms with Gasteiger partial charge in [-0.05, 0) is 12.1 Å². The number of carbonyl (C=O) groups excluding carboxylic acids is 2. The van der Waals surface area contributed by atoms with Crippen molar-refractivity contribution in [1.82, 2.24) is 4.98 Å². The molecule has 0 N–H and O–H groups in total. The molecule has 0 saturated heterocycles. The van der Waals surface area contributed by atoms with Crippen LogP contribution in [0.5, 0.6) is 5.88 Å². The molecule has 0 aliphatic carbocycles. The predicted octanol–water partition coefficient (Wildman–Crippen LogP) is 1.49. The number of Topliss-reactive ketones (excluding diaryl/α,β-unsaturated/α-hetero) is 1. The monoisotopic (exact) mass is 243 g/mol. The lowest BCUT2D eigenvalue weighted by Crippen LogP contribution is -2.11. The number of aromatic nitrogens is 1. The lowest BCUT2D eigenvalue weighted by Gasteiger charge is -2.05. The molecule has 86 valence electrons. The van der Waals surface area contributed by atoms with Crippen LogP contribution in [0.15, 0.2) is 12.1 Å². The smallest absolute Gasteiger partial charge is 0.313 e. The molecule has 0 unspecified atom stereocenters. The van der Waals surface area contributed by atoms with E-state index in [2.05, 4.69) is 9.72 Å². The number of ketones is 1. The number of nitrogens with zero attached hydrogens (tertiary/aromatic N) is 1. The van der Waals surface area contributed by atoms with E-state index in [9.17, 15) is 9.59 Å². The average Bonchev–Trinajstić information content (AvgIpc) is 2.28. The minimum atomic E-state index is -0.609. The van der Waals surface area contributed by atoms with Gasteiger partial charge in [-0.1, -0.05) is 11.6 Å². The first-order valence-electron chi connectivity index (χ1n) is 4.39. The summed E-state index contributed by atoms with van der Waals surface area (Å²) >= 11 is 5.64. The first kappa shape index (κ1) is 12.4. The number of rotatable bonds is 4. The number of methoxy groups -OCH3 is 2. The number of carbonyl (C=O) groups is 2. The van der Waals surface area contributed by atoms with Crippen LogP contribution in [0.4, 0.5) is 0 Å². The maximum Gasteiger partial charge on any atom is 0.313 e. The van der Waals surface area contributed by atoms with E-state index in [-0.39, 0.29) is 23.0 Å². The van der Waals surface area contributed by atoms with Crippen LogP contribution in [-0.2, 0) is 9.53 Å². The SMILES string of the molecule is COC(=O)CC(=O)c1ccc(Cl)nc1OC. The van der Waals surface area contributed by atoms with Crippen LogP contribution in [0, 0.1) is 0 Å². The molecular formula is C10H10ClNO4. The third-order valence-electron chi connectivity index (χ3n) is 1.85. The zero-order chi connectivity index (χ0) is 12.1. The second kappa shape index (κ2) is 5.46. The fraction of sp³-hybridized carbons (Fsp3) is 0.300. The van der Waals surface area contributed by atoms with Crippen molar-refractivity contribution in [3.05, 3.63) is 22.8 Å². The molecule has 0 atom stereocenters. The van der Waals surface area contributed by atoms with Gasteiger partial charge in [-0.15, -0.1) is 0 Å². The Kier molecular flexibility index (Phi) is 4.25. The van der Waals surface area contributed by atoms with Gasteiger partial charge in [0.25, 0.3) is 0 Å². The zero-order valence-electron chi connectivity index (χ0n) is 8.82. The Bertz CT molecular complexity index is 419. The number of esters is 1. The molecule has 0 amide bonds. The van der Waals surface area contributed by atoms with E-state index < -0.39 is 11.8 Å². The lowest BCUT2D eigenvalue weighted by molar-refractivity contribution is -0.139. The summed E-state index contributed by atoms with van der Waals surface area (Å²) in [7, 11) is 2.58. The topological polar surface area (TPSA) is 65.5 Å². The van der Waals surface area contributed by atoms with Crippen molar-refractivity contribution < 1.29 is 19.1 Å². The van der Waals surface area contributed by atoms with Crippen molar-refractivity contribution >= 4 is 23.4 Å². The molecule has 0 fully saturated rings. The lowest BCUT2D eigenvalue weighted by atomic mass is 10.1. The van der Waals surface area contributed by atoms with Crippen molar-refractivity contribution in [2.75, 3.05) is 14.2 Å². The average molecular weight is 244 g/mol. The Hall–Kier alpha value is -1.62. The van der Waals surface area contributed by atoms with Crippen molar-refractivity contribution in [2.24, 2.45) is 0 Å². The summed E-state index contributed by atoms with van der Waals surface area (Å²) < 4.78 is 9.29. The molecule has 0 aliphatic heterocycles. The highest BCUT2D eigenvalue weighted by atomic mass is 35.5. The van der Waals surface area contributed by atoms with Crippen molar-refractivity contribution in [1.29, 1.82) is 0 Å². The van der Waals surface area contributed by atoms with E-state index in [1.165, 1.54) is 26.4 Å². The quantitative estimate of drug-likeness (QED) is 0.347. The number of ether oxygens (including phenoxy) is 2. The molecule has 16 heavy (non-hydrogen) atoms. The normalized spacial score (nSPS) is 9.69. The maximum atomic E-state index is 11.6. The first-order chi connectivity index (χ1) is 7.58. The summed E-state index contributed by atoms with van der Waals surface area (Å²) in [6, 6.07) is 2.91. The summed E-state index contributed by atoms with van der Waals surface area (Å²) in [5.74, 6) is -0.934. The van der Waals surface area contributed by atoms with E-state index in [0.717, 1.165) is 0 Å². The maximum absolute atomic E-state index is 11.6. The largest absolute Gasteiger partial charge is 0.480 e. The number of hydrogen-bond donors (Lipinski definition) is 0. The summed E-state index contributed by atoms with van der Waals surface area (Å²) in [4.78, 5) is 26.4. The molecule has 0 aliphatic rings. The number of halogens is 1. The molecule has 6 heteroatoms. The van der Waals surface area contributed by atoms with Crippen LogP contribution < -0.4 is 4.74 Å². The third-order valence-corrected chi connectivity index (χ3v) is 2.06. The van der Waals surface area contributed by atoms with Crippen LogP contribution in [0.2, 0.25) is 5.15 Å². The van der Waals surface area contributed by atoms with Gasteiger partial charge in [0, 0.05) is 0 Å². The Morgan fingerprint density at radius 3 is 2.62 bits per heavy atom. The highest BCUT2D eigenvalue weighted by molar-refractivity contribution is 6.29. The Morgan fingerprint density at radius 1 is 1.38 bits per heavy atom. The fourth-order valence-electron chi connectivity index (χ4n) is 1.08. The molecule has 0 spiro atoms. The Morgan fingerprint density at radius 2 is 2.06 bits per heavy atom. The van der Waals surface area contributed by atoms with Gasteiger partial charge in [0.15, 0.2) is 5.78 Å². The van der Waals surface area contributed by atoms with E-state index in [1.54, 1.807) is 0 Å². The molecule has 1 aromatic heterocycles. The highest BCUT2D eigenvalue weighted by Gasteiger charge is 2.17. The van der Waals surface area contributed by atoms with Gasteiger partial charge < -0.3 is 9.47 Å². The summed E-state index contributed by atoms with van der Waals surface area (Å²) in [5.41, 5.74) is 0.206. The predicted molar refractivity (Wildman–Crippen MR) is 56.8 cm³/mol. The van der Waals surface area contributed by atoms with E-state index in [1.807, 2.05) is 0 Å². The minimum Gasteiger partial charge on any atom is -0.480 e. The summed E-state index contributed by atoms with van der Waals surface area (Å²) in [5, 5.41) is 0.214. The highest BCUT2D eigenvalue weighted by Crippen LogP contribution is 2.20. The van der Waals surface area contributed by atoms with E-state index in [4.69, 9.17) is 16.3 Å². The first-order valence-corrected chi connectivity index (χ1v) is 4.76. The second-order valence-electron chi connectivity index (χ2n) is 2.87. The minimum absolute atomic E-state index is 0.0985. The standard InChI is InChI=1S/C10H10ClNO4/c1-15-9(14)5-7(13)6-3-4-8(11)12-10(6)16-2/h3-4H,5H2,1-2H3. The van der Waals surface area contributed by atoms with Gasteiger partial charge in [0.05, 0.1) is 19.8 Å². The molecule has 0 bridgehead atoms. The second-order valence-corrected chi connectivity index (χ2v) is 3.25. The molecular weight excluding hydrogens is 234 g/mol. The van der Waals surface area contributed by atoms with Crippen molar-refractivity contribution in [2.45, 2.75) is 6.42 Å². The van der Waals surface area contributed by atoms with Crippen molar-refractivity contribution in [3.63, 3.8) is 0 Å². The molecule has 5 nitrogen and oxygen atoms in total. The molecule has 1 rings (SSSR count). The van der Waals surface area contributed by atoms with Crippen LogP contribution in [0.1, 0.15) is 16.8 Å². The number of hydrogen-bond acceptors (Lipinski definition) is 5.